The van der Waals surface area contributed by atoms with Crippen molar-refractivity contribution in [2.75, 3.05) is 17.6 Å². The predicted octanol–water partition coefficient (Wildman–Crippen LogP) is 5.29. The van der Waals surface area contributed by atoms with Crippen LogP contribution in [0.25, 0.3) is 0 Å². The summed E-state index contributed by atoms with van der Waals surface area (Å²) in [4.78, 5) is 0. The minimum absolute atomic E-state index is 0.108. The quantitative estimate of drug-likeness (QED) is 0.349. The summed E-state index contributed by atoms with van der Waals surface area (Å²) < 4.78 is 12.8. The van der Waals surface area contributed by atoms with E-state index in [9.17, 15) is 0 Å². The van der Waals surface area contributed by atoms with Crippen LogP contribution in [-0.2, 0) is 15.1 Å². The molecule has 0 bridgehead atoms. The summed E-state index contributed by atoms with van der Waals surface area (Å²) in [5.74, 6) is 0.561. The summed E-state index contributed by atoms with van der Waals surface area (Å²) in [7, 11) is 0. The minimum atomic E-state index is -0.253. The van der Waals surface area contributed by atoms with Gasteiger partial charge in [0.25, 0.3) is 0 Å². The van der Waals surface area contributed by atoms with Gasteiger partial charge in [0, 0.05) is 4.43 Å². The Morgan fingerprint density at radius 1 is 0.952 bits per heavy atom. The van der Waals surface area contributed by atoms with E-state index < -0.39 is 0 Å². The molecule has 0 aliphatic rings. The maximum atomic E-state index is 6.13. The van der Waals surface area contributed by atoms with Gasteiger partial charge in [-0.05, 0) is 44.7 Å². The first-order chi connectivity index (χ1) is 9.68. The molecule has 0 aromatic heterocycles. The monoisotopic (exact) mass is 404 g/mol. The molecule has 0 radical (unpaired) electrons. The maximum Gasteiger partial charge on any atom is 0.0993 e. The van der Waals surface area contributed by atoms with Gasteiger partial charge in [0.05, 0.1) is 24.4 Å². The molecule has 0 N–H and O–H groups in total. The van der Waals surface area contributed by atoms with Crippen LogP contribution in [0.4, 0.5) is 0 Å². The molecule has 0 heterocycles. The SMILES string of the molecule is CC(C)c1ccc(C(C)(CI)OCCOC(C)(C)C)cc1. The van der Waals surface area contributed by atoms with Gasteiger partial charge in [-0.25, -0.2) is 0 Å². The Morgan fingerprint density at radius 2 is 1.48 bits per heavy atom. The average Bonchev–Trinajstić information content (AvgIpc) is 2.42. The van der Waals surface area contributed by atoms with E-state index in [1.807, 2.05) is 0 Å². The summed E-state index contributed by atoms with van der Waals surface area (Å²) in [5.41, 5.74) is 2.24. The van der Waals surface area contributed by atoms with Crippen LogP contribution < -0.4 is 0 Å². The number of hydrogen-bond acceptors (Lipinski definition) is 2. The largest absolute Gasteiger partial charge is 0.373 e. The van der Waals surface area contributed by atoms with Crippen molar-refractivity contribution in [2.45, 2.75) is 58.7 Å². The molecule has 0 fully saturated rings. The standard InChI is InChI=1S/C18H29IO2/c1-14(2)15-7-9-16(10-8-15)18(6,13-19)21-12-11-20-17(3,4)5/h7-10,14H,11-13H2,1-6H3. The number of benzene rings is 1. The Labute approximate surface area is 143 Å². The molecule has 1 rings (SSSR count). The molecule has 0 aliphatic carbocycles. The van der Waals surface area contributed by atoms with E-state index in [-0.39, 0.29) is 11.2 Å². The fourth-order valence-electron chi connectivity index (χ4n) is 2.03. The molecular weight excluding hydrogens is 375 g/mol. The van der Waals surface area contributed by atoms with Crippen LogP contribution in [0.2, 0.25) is 0 Å². The zero-order valence-electron chi connectivity index (χ0n) is 14.2. The lowest BCUT2D eigenvalue weighted by Gasteiger charge is -2.30. The fraction of sp³-hybridized carbons (Fsp3) is 0.667. The van der Waals surface area contributed by atoms with Crippen LogP contribution in [0.15, 0.2) is 24.3 Å². The zero-order chi connectivity index (χ0) is 16.1. The van der Waals surface area contributed by atoms with Gasteiger partial charge in [0.15, 0.2) is 0 Å². The fourth-order valence-corrected chi connectivity index (χ4v) is 2.70. The van der Waals surface area contributed by atoms with Crippen molar-refractivity contribution in [2.24, 2.45) is 0 Å². The topological polar surface area (TPSA) is 18.5 Å². The summed E-state index contributed by atoms with van der Waals surface area (Å²) in [5, 5.41) is 0. The van der Waals surface area contributed by atoms with E-state index in [1.165, 1.54) is 11.1 Å². The molecule has 120 valence electrons. The normalized spacial score (nSPS) is 15.2. The molecule has 2 nitrogen and oxygen atoms in total. The van der Waals surface area contributed by atoms with Gasteiger partial charge in [0.2, 0.25) is 0 Å². The summed E-state index contributed by atoms with van der Waals surface area (Å²) >= 11 is 2.39. The highest BCUT2D eigenvalue weighted by atomic mass is 127. The van der Waals surface area contributed by atoms with Crippen molar-refractivity contribution in [3.63, 3.8) is 0 Å². The number of alkyl halides is 1. The van der Waals surface area contributed by atoms with Gasteiger partial charge in [-0.3, -0.25) is 0 Å². The van der Waals surface area contributed by atoms with Crippen molar-refractivity contribution in [1.29, 1.82) is 0 Å². The lowest BCUT2D eigenvalue weighted by Crippen LogP contribution is -2.31. The van der Waals surface area contributed by atoms with Crippen LogP contribution in [0.1, 0.15) is 58.6 Å². The van der Waals surface area contributed by atoms with Crippen LogP contribution >= 0.6 is 22.6 Å². The number of rotatable bonds is 7. The van der Waals surface area contributed by atoms with Gasteiger partial charge < -0.3 is 9.47 Å². The van der Waals surface area contributed by atoms with Gasteiger partial charge in [-0.2, -0.15) is 0 Å². The zero-order valence-corrected chi connectivity index (χ0v) is 16.4. The number of hydrogen-bond donors (Lipinski definition) is 0. The van der Waals surface area contributed by atoms with E-state index in [0.29, 0.717) is 19.1 Å². The van der Waals surface area contributed by atoms with Crippen LogP contribution in [0, 0.1) is 0 Å². The predicted molar refractivity (Wildman–Crippen MR) is 98.4 cm³/mol. The highest BCUT2D eigenvalue weighted by molar-refractivity contribution is 14.1. The Morgan fingerprint density at radius 3 is 1.90 bits per heavy atom. The molecule has 0 saturated heterocycles. The Hall–Kier alpha value is -0.130. The number of ether oxygens (including phenoxy) is 2. The van der Waals surface area contributed by atoms with Crippen LogP contribution in [0.5, 0.6) is 0 Å². The molecule has 0 amide bonds. The number of halogens is 1. The molecule has 0 aliphatic heterocycles. The lowest BCUT2D eigenvalue weighted by molar-refractivity contribution is -0.0781. The Kier molecular flexibility index (Phi) is 7.14. The summed E-state index contributed by atoms with van der Waals surface area (Å²) in [6.07, 6.45) is 0. The second kappa shape index (κ2) is 7.93. The van der Waals surface area contributed by atoms with Crippen molar-refractivity contribution in [3.05, 3.63) is 35.4 Å². The van der Waals surface area contributed by atoms with Gasteiger partial charge in [0.1, 0.15) is 0 Å². The third-order valence-electron chi connectivity index (χ3n) is 3.48. The molecule has 21 heavy (non-hydrogen) atoms. The van der Waals surface area contributed by atoms with Crippen LogP contribution in [0.3, 0.4) is 0 Å². The van der Waals surface area contributed by atoms with E-state index in [1.54, 1.807) is 0 Å². The molecule has 1 aromatic rings. The molecule has 0 saturated carbocycles. The van der Waals surface area contributed by atoms with Crippen LogP contribution in [-0.4, -0.2) is 23.2 Å². The van der Waals surface area contributed by atoms with Crippen molar-refractivity contribution < 1.29 is 9.47 Å². The maximum absolute atomic E-state index is 6.13. The van der Waals surface area contributed by atoms with Crippen molar-refractivity contribution >= 4 is 22.6 Å². The van der Waals surface area contributed by atoms with Crippen molar-refractivity contribution in [3.8, 4) is 0 Å². The van der Waals surface area contributed by atoms with Gasteiger partial charge in [-0.15, -0.1) is 0 Å². The average molecular weight is 404 g/mol. The molecule has 1 atom stereocenters. The molecular formula is C18H29IO2. The van der Waals surface area contributed by atoms with E-state index in [4.69, 9.17) is 9.47 Å². The second-order valence-electron chi connectivity index (χ2n) is 6.95. The minimum Gasteiger partial charge on any atom is -0.373 e. The lowest BCUT2D eigenvalue weighted by atomic mass is 9.94. The molecule has 3 heteroatoms. The first-order valence-corrected chi connectivity index (χ1v) is 9.15. The highest BCUT2D eigenvalue weighted by Crippen LogP contribution is 2.29. The third-order valence-corrected chi connectivity index (χ3v) is 4.94. The Balaban J connectivity index is 2.66. The molecule has 1 aromatic carbocycles. The summed E-state index contributed by atoms with van der Waals surface area (Å²) in [6, 6.07) is 8.80. The van der Waals surface area contributed by atoms with Gasteiger partial charge in [-0.1, -0.05) is 60.7 Å². The summed E-state index contributed by atoms with van der Waals surface area (Å²) in [6.45, 7) is 14.0. The third kappa shape index (κ3) is 6.25. The van der Waals surface area contributed by atoms with E-state index in [2.05, 4.69) is 88.4 Å². The van der Waals surface area contributed by atoms with Gasteiger partial charge >= 0.3 is 0 Å². The second-order valence-corrected chi connectivity index (χ2v) is 7.71. The highest BCUT2D eigenvalue weighted by Gasteiger charge is 2.26. The van der Waals surface area contributed by atoms with E-state index >= 15 is 0 Å². The first-order valence-electron chi connectivity index (χ1n) is 7.62. The smallest absolute Gasteiger partial charge is 0.0993 e. The van der Waals surface area contributed by atoms with Crippen molar-refractivity contribution in [1.82, 2.24) is 0 Å². The van der Waals surface area contributed by atoms with E-state index in [0.717, 1.165) is 4.43 Å². The molecule has 1 unspecified atom stereocenters. The first kappa shape index (κ1) is 18.9. The molecule has 0 spiro atoms. The Bertz CT molecular complexity index is 420.